The molecule has 38 heavy (non-hydrogen) atoms. The van der Waals surface area contributed by atoms with Crippen LogP contribution in [0.5, 0.6) is 0 Å². The Labute approximate surface area is 224 Å². The van der Waals surface area contributed by atoms with E-state index in [1.165, 1.54) is 29.2 Å². The van der Waals surface area contributed by atoms with E-state index in [0.29, 0.717) is 29.8 Å². The first-order chi connectivity index (χ1) is 18.1. The van der Waals surface area contributed by atoms with E-state index in [1.807, 2.05) is 6.92 Å². The van der Waals surface area contributed by atoms with E-state index in [1.54, 1.807) is 69.3 Å². The van der Waals surface area contributed by atoms with Gasteiger partial charge < -0.3 is 10.2 Å². The lowest BCUT2D eigenvalue weighted by atomic mass is 10.1. The van der Waals surface area contributed by atoms with Gasteiger partial charge in [-0.25, -0.2) is 12.8 Å². The molecule has 0 bridgehead atoms. The Balaban J connectivity index is 2.06. The quantitative estimate of drug-likeness (QED) is 0.387. The van der Waals surface area contributed by atoms with E-state index in [9.17, 15) is 22.4 Å². The van der Waals surface area contributed by atoms with Crippen LogP contribution in [0, 0.1) is 19.7 Å². The largest absolute Gasteiger partial charge is 0.355 e. The molecule has 3 aromatic carbocycles. The summed E-state index contributed by atoms with van der Waals surface area (Å²) in [6.07, 6.45) is 0.313. The second-order valence-electron chi connectivity index (χ2n) is 9.08. The molecule has 7 nitrogen and oxygen atoms in total. The molecule has 3 aromatic rings. The number of carbonyl (C=O) groups is 2. The van der Waals surface area contributed by atoms with Crippen molar-refractivity contribution < 1.29 is 22.4 Å². The number of nitrogens with one attached hydrogen (secondary N) is 1. The number of hydrogen-bond acceptors (Lipinski definition) is 4. The van der Waals surface area contributed by atoms with Gasteiger partial charge in [0.25, 0.3) is 10.0 Å². The van der Waals surface area contributed by atoms with Crippen molar-refractivity contribution in [2.45, 2.75) is 51.6 Å². The molecular formula is C29H34FN3O4S. The average molecular weight is 540 g/mol. The van der Waals surface area contributed by atoms with Crippen LogP contribution in [0.15, 0.2) is 77.7 Å². The number of sulfonamides is 1. The SMILES string of the molecule is CCNC(=O)C(CC)N(Cc1ccc(F)cc1)C(=O)CN(c1ccccc1C)S(=O)(=O)c1ccc(C)cc1. The lowest BCUT2D eigenvalue weighted by Gasteiger charge is -2.33. The van der Waals surface area contributed by atoms with Gasteiger partial charge >= 0.3 is 0 Å². The maximum absolute atomic E-state index is 13.9. The van der Waals surface area contributed by atoms with Crippen LogP contribution in [0.4, 0.5) is 10.1 Å². The van der Waals surface area contributed by atoms with Crippen LogP contribution >= 0.6 is 0 Å². The molecule has 0 fully saturated rings. The van der Waals surface area contributed by atoms with E-state index in [2.05, 4.69) is 5.32 Å². The first-order valence-electron chi connectivity index (χ1n) is 12.5. The maximum atomic E-state index is 13.9. The number of likely N-dealkylation sites (N-methyl/N-ethyl adjacent to an activating group) is 1. The molecule has 3 rings (SSSR count). The predicted octanol–water partition coefficient (Wildman–Crippen LogP) is 4.58. The fraction of sp³-hybridized carbons (Fsp3) is 0.310. The van der Waals surface area contributed by atoms with Crippen molar-refractivity contribution in [1.29, 1.82) is 0 Å². The minimum absolute atomic E-state index is 0.0148. The minimum Gasteiger partial charge on any atom is -0.355 e. The summed E-state index contributed by atoms with van der Waals surface area (Å²) in [6.45, 7) is 7.08. The van der Waals surface area contributed by atoms with E-state index in [0.717, 1.165) is 9.87 Å². The molecule has 0 spiro atoms. The van der Waals surface area contributed by atoms with Gasteiger partial charge in [0.15, 0.2) is 0 Å². The third-order valence-electron chi connectivity index (χ3n) is 6.28. The first kappa shape index (κ1) is 28.8. The Bertz CT molecular complexity index is 1360. The molecule has 0 saturated heterocycles. The predicted molar refractivity (Wildman–Crippen MR) is 147 cm³/mol. The maximum Gasteiger partial charge on any atom is 0.264 e. The molecule has 0 aliphatic carbocycles. The fourth-order valence-electron chi connectivity index (χ4n) is 4.19. The van der Waals surface area contributed by atoms with Crippen LogP contribution in [0.3, 0.4) is 0 Å². The fourth-order valence-corrected chi connectivity index (χ4v) is 5.67. The van der Waals surface area contributed by atoms with Gasteiger partial charge in [-0.2, -0.15) is 0 Å². The molecule has 0 heterocycles. The van der Waals surface area contributed by atoms with Gasteiger partial charge in [0, 0.05) is 13.1 Å². The number of hydrogen-bond donors (Lipinski definition) is 1. The number of anilines is 1. The Kier molecular flexibility index (Phi) is 9.63. The Morgan fingerprint density at radius 2 is 1.55 bits per heavy atom. The molecule has 2 amide bonds. The Morgan fingerprint density at radius 3 is 2.13 bits per heavy atom. The van der Waals surface area contributed by atoms with Gasteiger partial charge in [-0.3, -0.25) is 13.9 Å². The van der Waals surface area contributed by atoms with Crippen molar-refractivity contribution in [1.82, 2.24) is 10.2 Å². The zero-order chi connectivity index (χ0) is 27.9. The van der Waals surface area contributed by atoms with Crippen LogP contribution in [0.25, 0.3) is 0 Å². The molecule has 202 valence electrons. The summed E-state index contributed by atoms with van der Waals surface area (Å²) < 4.78 is 42.3. The number of nitrogens with zero attached hydrogens (tertiary/aromatic N) is 2. The lowest BCUT2D eigenvalue weighted by Crippen LogP contribution is -2.52. The van der Waals surface area contributed by atoms with Gasteiger partial charge in [-0.1, -0.05) is 55.0 Å². The first-order valence-corrected chi connectivity index (χ1v) is 14.0. The summed E-state index contributed by atoms with van der Waals surface area (Å²) in [6, 6.07) is 18.2. The van der Waals surface area contributed by atoms with Crippen LogP contribution < -0.4 is 9.62 Å². The number of para-hydroxylation sites is 1. The van der Waals surface area contributed by atoms with E-state index >= 15 is 0 Å². The zero-order valence-electron chi connectivity index (χ0n) is 22.1. The van der Waals surface area contributed by atoms with Gasteiger partial charge in [0.05, 0.1) is 10.6 Å². The van der Waals surface area contributed by atoms with Gasteiger partial charge in [0.1, 0.15) is 18.4 Å². The average Bonchev–Trinajstić information content (AvgIpc) is 2.89. The summed E-state index contributed by atoms with van der Waals surface area (Å²) in [5.41, 5.74) is 2.57. The highest BCUT2D eigenvalue weighted by Crippen LogP contribution is 2.27. The number of halogens is 1. The van der Waals surface area contributed by atoms with Crippen LogP contribution in [0.2, 0.25) is 0 Å². The van der Waals surface area contributed by atoms with Crippen molar-refractivity contribution in [3.8, 4) is 0 Å². The summed E-state index contributed by atoms with van der Waals surface area (Å²) in [7, 11) is -4.13. The molecule has 0 aromatic heterocycles. The van der Waals surface area contributed by atoms with E-state index in [-0.39, 0.29) is 17.3 Å². The lowest BCUT2D eigenvalue weighted by molar-refractivity contribution is -0.140. The molecule has 0 radical (unpaired) electrons. The number of aryl methyl sites for hydroxylation is 2. The van der Waals surface area contributed by atoms with Gasteiger partial charge in [-0.05, 0) is 68.7 Å². The molecular weight excluding hydrogens is 505 g/mol. The normalized spacial score (nSPS) is 12.0. The van der Waals surface area contributed by atoms with Gasteiger partial charge in [0.2, 0.25) is 11.8 Å². The number of rotatable bonds is 11. The third-order valence-corrected chi connectivity index (χ3v) is 8.05. The Morgan fingerprint density at radius 1 is 0.921 bits per heavy atom. The van der Waals surface area contributed by atoms with E-state index in [4.69, 9.17) is 0 Å². The topological polar surface area (TPSA) is 86.8 Å². The Hall–Kier alpha value is -3.72. The van der Waals surface area contributed by atoms with E-state index < -0.39 is 34.3 Å². The minimum atomic E-state index is -4.13. The van der Waals surface area contributed by atoms with Crippen LogP contribution in [-0.4, -0.2) is 44.3 Å². The zero-order valence-corrected chi connectivity index (χ0v) is 23.0. The number of benzene rings is 3. The van der Waals surface area contributed by atoms with Crippen LogP contribution in [0.1, 0.15) is 37.0 Å². The second kappa shape index (κ2) is 12.7. The van der Waals surface area contributed by atoms with Crippen molar-refractivity contribution in [2.24, 2.45) is 0 Å². The molecule has 0 aliphatic heterocycles. The van der Waals surface area contributed by atoms with Crippen LogP contribution in [-0.2, 0) is 26.2 Å². The number of amides is 2. The molecule has 1 unspecified atom stereocenters. The van der Waals surface area contributed by atoms with Crippen molar-refractivity contribution in [2.75, 3.05) is 17.4 Å². The molecule has 1 N–H and O–H groups in total. The second-order valence-corrected chi connectivity index (χ2v) is 10.9. The summed E-state index contributed by atoms with van der Waals surface area (Å²) in [5.74, 6) is -1.31. The van der Waals surface area contributed by atoms with Crippen molar-refractivity contribution >= 4 is 27.5 Å². The smallest absolute Gasteiger partial charge is 0.264 e. The molecule has 9 heteroatoms. The molecule has 0 aliphatic rings. The molecule has 0 saturated carbocycles. The summed E-state index contributed by atoms with van der Waals surface area (Å²) >= 11 is 0. The van der Waals surface area contributed by atoms with Gasteiger partial charge in [-0.15, -0.1) is 0 Å². The summed E-state index contributed by atoms with van der Waals surface area (Å²) in [4.78, 5) is 28.3. The monoisotopic (exact) mass is 539 g/mol. The highest BCUT2D eigenvalue weighted by molar-refractivity contribution is 7.92. The van der Waals surface area contributed by atoms with Crippen molar-refractivity contribution in [3.63, 3.8) is 0 Å². The highest BCUT2D eigenvalue weighted by atomic mass is 32.2. The molecule has 1 atom stereocenters. The van der Waals surface area contributed by atoms with Crippen molar-refractivity contribution in [3.05, 3.63) is 95.3 Å². The third kappa shape index (κ3) is 6.77. The number of carbonyl (C=O) groups excluding carboxylic acids is 2. The standard InChI is InChI=1S/C29H34FN3O4S/c1-5-26(29(35)31-6-2)32(19-23-13-15-24(30)16-14-23)28(34)20-33(27-10-8-7-9-22(27)4)38(36,37)25-17-11-21(3)12-18-25/h7-18,26H,5-6,19-20H2,1-4H3,(H,31,35). The highest BCUT2D eigenvalue weighted by Gasteiger charge is 2.34. The summed E-state index contributed by atoms with van der Waals surface area (Å²) in [5, 5.41) is 2.76.